The first-order chi connectivity index (χ1) is 10.5. The maximum absolute atomic E-state index is 11.7. The van der Waals surface area contributed by atoms with Gasteiger partial charge in [0.2, 0.25) is 5.43 Å². The van der Waals surface area contributed by atoms with Crippen LogP contribution in [-0.4, -0.2) is 63.9 Å². The standard InChI is InChI=1S/C16H27N3O3/c1-13(2)10-19-12-16(22)15(21)9-14(19)11-18-5-3-17(4-6-18)7-8-20/h9,12-13,20,22H,3-8,10-11H2,1-2H3. The lowest BCUT2D eigenvalue weighted by Gasteiger charge is -2.34. The lowest BCUT2D eigenvalue weighted by atomic mass is 10.2. The maximum Gasteiger partial charge on any atom is 0.223 e. The number of hydrogen-bond donors (Lipinski definition) is 2. The molecule has 0 amide bonds. The van der Waals surface area contributed by atoms with Gasteiger partial charge < -0.3 is 14.8 Å². The first-order valence-electron chi connectivity index (χ1n) is 7.97. The third kappa shape index (κ3) is 4.56. The van der Waals surface area contributed by atoms with Gasteiger partial charge in [-0.3, -0.25) is 14.6 Å². The van der Waals surface area contributed by atoms with Gasteiger partial charge >= 0.3 is 0 Å². The zero-order chi connectivity index (χ0) is 16.1. The van der Waals surface area contributed by atoms with Gasteiger partial charge in [-0.25, -0.2) is 0 Å². The Bertz CT molecular complexity index is 534. The Kier molecular flexibility index (Phi) is 5.99. The van der Waals surface area contributed by atoms with Gasteiger partial charge in [-0.05, 0) is 5.92 Å². The average molecular weight is 309 g/mol. The quantitative estimate of drug-likeness (QED) is 0.792. The van der Waals surface area contributed by atoms with Crippen molar-refractivity contribution in [3.63, 3.8) is 0 Å². The molecule has 0 spiro atoms. The first kappa shape index (κ1) is 17.0. The Morgan fingerprint density at radius 2 is 1.82 bits per heavy atom. The summed E-state index contributed by atoms with van der Waals surface area (Å²) in [5.41, 5.74) is 0.640. The number of piperazine rings is 1. The van der Waals surface area contributed by atoms with Crippen molar-refractivity contribution in [3.8, 4) is 5.75 Å². The average Bonchev–Trinajstić information content (AvgIpc) is 2.46. The predicted octanol–water partition coefficient (Wildman–Crippen LogP) is 0.320. The van der Waals surface area contributed by atoms with E-state index in [1.165, 1.54) is 0 Å². The highest BCUT2D eigenvalue weighted by Crippen LogP contribution is 2.12. The number of aliphatic hydroxyl groups excluding tert-OH is 1. The number of β-amino-alcohol motifs (C(OH)–C–C–N with tert-alkyl or cyclic N) is 1. The van der Waals surface area contributed by atoms with Crippen LogP contribution in [0.1, 0.15) is 19.5 Å². The summed E-state index contributed by atoms with van der Waals surface area (Å²) >= 11 is 0. The second kappa shape index (κ2) is 7.76. The van der Waals surface area contributed by atoms with Gasteiger partial charge in [-0.15, -0.1) is 0 Å². The molecule has 6 nitrogen and oxygen atoms in total. The molecule has 2 heterocycles. The third-order valence-corrected chi connectivity index (χ3v) is 4.03. The van der Waals surface area contributed by atoms with E-state index >= 15 is 0 Å². The molecular weight excluding hydrogens is 282 g/mol. The number of hydrogen-bond acceptors (Lipinski definition) is 5. The minimum absolute atomic E-state index is 0.183. The molecule has 2 rings (SSSR count). The SMILES string of the molecule is CC(C)Cn1cc(O)c(=O)cc1CN1CCN(CCO)CC1. The van der Waals surface area contributed by atoms with Crippen LogP contribution in [0.4, 0.5) is 0 Å². The maximum atomic E-state index is 11.7. The van der Waals surface area contributed by atoms with Gasteiger partial charge in [-0.2, -0.15) is 0 Å². The van der Waals surface area contributed by atoms with Crippen molar-refractivity contribution in [3.05, 3.63) is 28.2 Å². The summed E-state index contributed by atoms with van der Waals surface area (Å²) in [5.74, 6) is 0.263. The van der Waals surface area contributed by atoms with Crippen molar-refractivity contribution in [2.24, 2.45) is 5.92 Å². The lowest BCUT2D eigenvalue weighted by molar-refractivity contribution is 0.106. The summed E-state index contributed by atoms with van der Waals surface area (Å²) in [5, 5.41) is 18.6. The molecule has 124 valence electrons. The first-order valence-corrected chi connectivity index (χ1v) is 7.97. The number of aromatic nitrogens is 1. The van der Waals surface area contributed by atoms with Crippen LogP contribution < -0.4 is 5.43 Å². The van der Waals surface area contributed by atoms with Gasteiger partial charge in [0.1, 0.15) is 0 Å². The van der Waals surface area contributed by atoms with E-state index in [4.69, 9.17) is 5.11 Å². The minimum Gasteiger partial charge on any atom is -0.503 e. The molecule has 22 heavy (non-hydrogen) atoms. The predicted molar refractivity (Wildman–Crippen MR) is 86.0 cm³/mol. The highest BCUT2D eigenvalue weighted by Gasteiger charge is 2.18. The van der Waals surface area contributed by atoms with E-state index in [9.17, 15) is 9.90 Å². The molecule has 0 radical (unpaired) electrons. The fraction of sp³-hybridized carbons (Fsp3) is 0.688. The molecule has 0 saturated carbocycles. The highest BCUT2D eigenvalue weighted by molar-refractivity contribution is 5.20. The van der Waals surface area contributed by atoms with Crippen LogP contribution in [0.5, 0.6) is 5.75 Å². The Morgan fingerprint density at radius 1 is 1.18 bits per heavy atom. The summed E-state index contributed by atoms with van der Waals surface area (Å²) in [6.07, 6.45) is 1.56. The molecule has 0 atom stereocenters. The van der Waals surface area contributed by atoms with Crippen molar-refractivity contribution in [1.82, 2.24) is 14.4 Å². The monoisotopic (exact) mass is 309 g/mol. The van der Waals surface area contributed by atoms with Crippen LogP contribution in [0.15, 0.2) is 17.1 Å². The van der Waals surface area contributed by atoms with Crippen LogP contribution in [0.3, 0.4) is 0 Å². The van der Waals surface area contributed by atoms with E-state index in [1.807, 2.05) is 4.57 Å². The molecule has 2 N–H and O–H groups in total. The Balaban J connectivity index is 2.06. The van der Waals surface area contributed by atoms with Crippen LogP contribution >= 0.6 is 0 Å². The topological polar surface area (TPSA) is 68.9 Å². The molecule has 1 aromatic heterocycles. The molecule has 1 aliphatic heterocycles. The lowest BCUT2D eigenvalue weighted by Crippen LogP contribution is -2.47. The molecule has 6 heteroatoms. The van der Waals surface area contributed by atoms with E-state index < -0.39 is 0 Å². The second-order valence-electron chi connectivity index (χ2n) is 6.40. The zero-order valence-electron chi connectivity index (χ0n) is 13.5. The summed E-state index contributed by atoms with van der Waals surface area (Å²) in [6.45, 7) is 10.4. The zero-order valence-corrected chi connectivity index (χ0v) is 13.5. The van der Waals surface area contributed by atoms with Gasteiger partial charge in [0, 0.05) is 57.6 Å². The van der Waals surface area contributed by atoms with Crippen molar-refractivity contribution < 1.29 is 10.2 Å². The van der Waals surface area contributed by atoms with E-state index in [0.717, 1.165) is 51.5 Å². The van der Waals surface area contributed by atoms with Crippen LogP contribution in [0.2, 0.25) is 0 Å². The summed E-state index contributed by atoms with van der Waals surface area (Å²) in [7, 11) is 0. The highest BCUT2D eigenvalue weighted by atomic mass is 16.3. The fourth-order valence-corrected chi connectivity index (χ4v) is 2.84. The molecule has 1 saturated heterocycles. The van der Waals surface area contributed by atoms with Crippen molar-refractivity contribution in [2.75, 3.05) is 39.3 Å². The molecule has 0 aliphatic carbocycles. The van der Waals surface area contributed by atoms with Gasteiger partial charge in [0.05, 0.1) is 12.8 Å². The Hall–Kier alpha value is -1.37. The Labute approximate surface area is 131 Å². The number of nitrogens with zero attached hydrogens (tertiary/aromatic N) is 3. The van der Waals surface area contributed by atoms with E-state index in [-0.39, 0.29) is 17.8 Å². The van der Waals surface area contributed by atoms with E-state index in [2.05, 4.69) is 23.6 Å². The van der Waals surface area contributed by atoms with Gasteiger partial charge in [0.15, 0.2) is 5.75 Å². The summed E-state index contributed by atoms with van der Waals surface area (Å²) in [4.78, 5) is 16.3. The van der Waals surface area contributed by atoms with Crippen molar-refractivity contribution in [2.45, 2.75) is 26.9 Å². The second-order valence-corrected chi connectivity index (χ2v) is 6.40. The van der Waals surface area contributed by atoms with E-state index in [1.54, 1.807) is 12.3 Å². The summed E-state index contributed by atoms with van der Waals surface area (Å²) in [6, 6.07) is 1.55. The third-order valence-electron chi connectivity index (χ3n) is 4.03. The van der Waals surface area contributed by atoms with Crippen molar-refractivity contribution in [1.29, 1.82) is 0 Å². The minimum atomic E-state index is -0.311. The smallest absolute Gasteiger partial charge is 0.223 e. The molecule has 0 unspecified atom stereocenters. The van der Waals surface area contributed by atoms with Gasteiger partial charge in [0.25, 0.3) is 0 Å². The van der Waals surface area contributed by atoms with E-state index in [0.29, 0.717) is 5.92 Å². The molecule has 1 aliphatic rings. The largest absolute Gasteiger partial charge is 0.503 e. The molecule has 0 bridgehead atoms. The normalized spacial score (nSPS) is 17.3. The number of aliphatic hydroxyl groups is 1. The number of rotatable bonds is 6. The summed E-state index contributed by atoms with van der Waals surface area (Å²) < 4.78 is 1.99. The van der Waals surface area contributed by atoms with Crippen LogP contribution in [0.25, 0.3) is 0 Å². The van der Waals surface area contributed by atoms with Crippen LogP contribution in [0, 0.1) is 5.92 Å². The van der Waals surface area contributed by atoms with Crippen molar-refractivity contribution >= 4 is 0 Å². The molecule has 1 aromatic rings. The van der Waals surface area contributed by atoms with Gasteiger partial charge in [-0.1, -0.05) is 13.8 Å². The number of aromatic hydroxyl groups is 1. The number of pyridine rings is 1. The molecule has 0 aromatic carbocycles. The Morgan fingerprint density at radius 3 is 2.41 bits per heavy atom. The van der Waals surface area contributed by atoms with Crippen LogP contribution in [-0.2, 0) is 13.1 Å². The molecule has 1 fully saturated rings. The fourth-order valence-electron chi connectivity index (χ4n) is 2.84. The molecular formula is C16H27N3O3.